The fourth-order valence-electron chi connectivity index (χ4n) is 5.94. The molecule has 0 bridgehead atoms. The summed E-state index contributed by atoms with van der Waals surface area (Å²) in [6.07, 6.45) is 4.74. The van der Waals surface area contributed by atoms with Crippen molar-refractivity contribution in [2.75, 3.05) is 12.4 Å². The van der Waals surface area contributed by atoms with E-state index in [1.165, 1.54) is 15.6 Å². The van der Waals surface area contributed by atoms with Crippen molar-refractivity contribution < 1.29 is 14.3 Å². The summed E-state index contributed by atoms with van der Waals surface area (Å²) < 4.78 is 11.9. The number of nitrogens with zero attached hydrogens (tertiary/aromatic N) is 1. The fraction of sp³-hybridized carbons (Fsp3) is 0.263. The number of para-hydroxylation sites is 1. The fourth-order valence-corrected chi connectivity index (χ4v) is 7.21. The summed E-state index contributed by atoms with van der Waals surface area (Å²) in [5, 5.41) is 6.21. The molecule has 0 aliphatic heterocycles. The Morgan fingerprint density at radius 1 is 0.977 bits per heavy atom. The van der Waals surface area contributed by atoms with Gasteiger partial charge < -0.3 is 14.8 Å². The molecule has 0 saturated carbocycles. The molecule has 0 unspecified atom stereocenters. The number of hydrogen-bond acceptors (Lipinski definition) is 5. The maximum absolute atomic E-state index is 13.7. The number of hydrogen-bond donors (Lipinski definition) is 1. The van der Waals surface area contributed by atoms with Crippen LogP contribution in [0.3, 0.4) is 0 Å². The highest BCUT2D eigenvalue weighted by Crippen LogP contribution is 2.45. The van der Waals surface area contributed by atoms with E-state index in [-0.39, 0.29) is 11.3 Å². The van der Waals surface area contributed by atoms with E-state index in [4.69, 9.17) is 14.5 Å². The molecule has 4 aromatic carbocycles. The number of aliphatic imine (C=N–C) groups is 1. The van der Waals surface area contributed by atoms with Crippen molar-refractivity contribution in [1.29, 1.82) is 0 Å². The highest BCUT2D eigenvalue weighted by Gasteiger charge is 2.33. The lowest BCUT2D eigenvalue weighted by molar-refractivity contribution is 0.102. The second-order valence-electron chi connectivity index (χ2n) is 12.4. The van der Waals surface area contributed by atoms with E-state index in [9.17, 15) is 4.79 Å². The van der Waals surface area contributed by atoms with E-state index in [1.54, 1.807) is 18.4 Å². The van der Waals surface area contributed by atoms with Crippen LogP contribution in [0.2, 0.25) is 0 Å². The third-order valence-electron chi connectivity index (χ3n) is 8.51. The standard InChI is InChI=1S/C38H38N2O3S/c1-38(2,3)28-18-19-31-34(22-28)44-37(35(31)36(41)40-29-14-6-5-7-15-29)39-23-25-17-20-32(33(21-25)42-4)43-24-27-13-10-12-26-11-8-9-16-30(26)27/h5-17,20-21,23,28H,18-19,22,24H2,1-4H3,(H,40,41)/t28-/m0/s1. The number of benzene rings is 4. The zero-order chi connectivity index (χ0) is 30.7. The molecule has 1 aromatic heterocycles. The quantitative estimate of drug-likeness (QED) is 0.180. The molecule has 44 heavy (non-hydrogen) atoms. The Hall–Kier alpha value is -4.42. The first kappa shape index (κ1) is 29.6. The molecule has 1 heterocycles. The van der Waals surface area contributed by atoms with Gasteiger partial charge in [0.25, 0.3) is 5.91 Å². The summed E-state index contributed by atoms with van der Waals surface area (Å²) in [6, 6.07) is 30.0. The van der Waals surface area contributed by atoms with Crippen molar-refractivity contribution in [2.24, 2.45) is 16.3 Å². The molecule has 6 heteroatoms. The van der Waals surface area contributed by atoms with Gasteiger partial charge in [0.15, 0.2) is 11.5 Å². The van der Waals surface area contributed by atoms with Gasteiger partial charge in [0.05, 0.1) is 12.7 Å². The predicted octanol–water partition coefficient (Wildman–Crippen LogP) is 9.64. The van der Waals surface area contributed by atoms with Crippen molar-refractivity contribution >= 4 is 44.9 Å². The molecule has 1 amide bonds. The Morgan fingerprint density at radius 2 is 1.75 bits per heavy atom. The minimum Gasteiger partial charge on any atom is -0.493 e. The van der Waals surface area contributed by atoms with Crippen LogP contribution in [-0.2, 0) is 19.4 Å². The van der Waals surface area contributed by atoms with Gasteiger partial charge in [-0.1, -0.05) is 81.4 Å². The maximum Gasteiger partial charge on any atom is 0.259 e. The van der Waals surface area contributed by atoms with E-state index in [2.05, 4.69) is 56.4 Å². The topological polar surface area (TPSA) is 59.9 Å². The molecule has 0 radical (unpaired) electrons. The molecule has 1 N–H and O–H groups in total. The highest BCUT2D eigenvalue weighted by atomic mass is 32.1. The van der Waals surface area contributed by atoms with Crippen LogP contribution in [0.1, 0.15) is 59.1 Å². The SMILES string of the molecule is COc1cc(C=Nc2sc3c(c2C(=O)Nc2ccccc2)CC[C@H](C(C)(C)C)C3)ccc1OCc1cccc2ccccc12. The zero-order valence-corrected chi connectivity index (χ0v) is 26.5. The van der Waals surface area contributed by atoms with Gasteiger partial charge in [-0.3, -0.25) is 4.79 Å². The van der Waals surface area contributed by atoms with Crippen LogP contribution in [0.15, 0.2) is 96.0 Å². The van der Waals surface area contributed by atoms with Gasteiger partial charge in [-0.15, -0.1) is 11.3 Å². The molecule has 1 aliphatic carbocycles. The molecule has 6 rings (SSSR count). The number of nitrogens with one attached hydrogen (secondary N) is 1. The molecule has 0 saturated heterocycles. The maximum atomic E-state index is 13.7. The first-order valence-electron chi connectivity index (χ1n) is 15.1. The highest BCUT2D eigenvalue weighted by molar-refractivity contribution is 7.16. The number of carbonyl (C=O) groups excluding carboxylic acids is 1. The summed E-state index contributed by atoms with van der Waals surface area (Å²) >= 11 is 1.64. The number of rotatable bonds is 8. The number of ether oxygens (including phenoxy) is 2. The van der Waals surface area contributed by atoms with Crippen LogP contribution >= 0.6 is 11.3 Å². The second kappa shape index (κ2) is 12.7. The summed E-state index contributed by atoms with van der Waals surface area (Å²) in [4.78, 5) is 19.8. The monoisotopic (exact) mass is 602 g/mol. The number of fused-ring (bicyclic) bond motifs is 2. The molecular formula is C38H38N2O3S. The zero-order valence-electron chi connectivity index (χ0n) is 25.7. The molecule has 1 aliphatic rings. The molecule has 1 atom stereocenters. The summed E-state index contributed by atoms with van der Waals surface area (Å²) in [5.74, 6) is 1.76. The van der Waals surface area contributed by atoms with Gasteiger partial charge in [-0.05, 0) is 88.4 Å². The Morgan fingerprint density at radius 3 is 2.55 bits per heavy atom. The number of methoxy groups -OCH3 is 1. The van der Waals surface area contributed by atoms with Crippen LogP contribution in [0.4, 0.5) is 10.7 Å². The molecule has 224 valence electrons. The minimum absolute atomic E-state index is 0.107. The van der Waals surface area contributed by atoms with Crippen molar-refractivity contribution in [3.8, 4) is 11.5 Å². The first-order chi connectivity index (χ1) is 21.3. The number of amides is 1. The summed E-state index contributed by atoms with van der Waals surface area (Å²) in [6.45, 7) is 7.35. The largest absolute Gasteiger partial charge is 0.493 e. The van der Waals surface area contributed by atoms with E-state index >= 15 is 0 Å². The summed E-state index contributed by atoms with van der Waals surface area (Å²) in [5.41, 5.74) is 4.82. The van der Waals surface area contributed by atoms with Gasteiger partial charge in [-0.2, -0.15) is 0 Å². The van der Waals surface area contributed by atoms with Gasteiger partial charge in [-0.25, -0.2) is 4.99 Å². The Labute approximate surface area is 263 Å². The van der Waals surface area contributed by atoms with Gasteiger partial charge in [0.2, 0.25) is 0 Å². The van der Waals surface area contributed by atoms with Crippen LogP contribution in [-0.4, -0.2) is 19.2 Å². The lowest BCUT2D eigenvalue weighted by Gasteiger charge is -2.33. The predicted molar refractivity (Wildman–Crippen MR) is 182 cm³/mol. The minimum atomic E-state index is -0.107. The Kier molecular flexibility index (Phi) is 8.53. The molecule has 0 spiro atoms. The smallest absolute Gasteiger partial charge is 0.259 e. The second-order valence-corrected chi connectivity index (χ2v) is 13.5. The van der Waals surface area contributed by atoms with Crippen molar-refractivity contribution in [3.05, 3.63) is 118 Å². The number of carbonyl (C=O) groups is 1. The molecule has 0 fully saturated rings. The van der Waals surface area contributed by atoms with Crippen LogP contribution < -0.4 is 14.8 Å². The Balaban J connectivity index is 1.26. The third kappa shape index (κ3) is 6.41. The van der Waals surface area contributed by atoms with E-state index in [0.717, 1.165) is 46.6 Å². The average molecular weight is 603 g/mol. The Bertz CT molecular complexity index is 1810. The van der Waals surface area contributed by atoms with Crippen LogP contribution in [0.5, 0.6) is 11.5 Å². The normalized spacial score (nSPS) is 14.9. The lowest BCUT2D eigenvalue weighted by atomic mass is 9.72. The first-order valence-corrected chi connectivity index (χ1v) is 15.9. The van der Waals surface area contributed by atoms with Gasteiger partial charge >= 0.3 is 0 Å². The number of thiophene rings is 1. The third-order valence-corrected chi connectivity index (χ3v) is 9.67. The van der Waals surface area contributed by atoms with E-state index in [1.807, 2.05) is 66.9 Å². The van der Waals surface area contributed by atoms with Gasteiger partial charge in [0.1, 0.15) is 11.6 Å². The molecule has 5 nitrogen and oxygen atoms in total. The number of anilines is 1. The lowest BCUT2D eigenvalue weighted by Crippen LogP contribution is -2.27. The summed E-state index contributed by atoms with van der Waals surface area (Å²) in [7, 11) is 1.64. The van der Waals surface area contributed by atoms with Crippen LogP contribution in [0, 0.1) is 11.3 Å². The van der Waals surface area contributed by atoms with Crippen molar-refractivity contribution in [3.63, 3.8) is 0 Å². The van der Waals surface area contributed by atoms with E-state index < -0.39 is 0 Å². The van der Waals surface area contributed by atoms with Crippen molar-refractivity contribution in [2.45, 2.75) is 46.6 Å². The average Bonchev–Trinajstić information content (AvgIpc) is 3.41. The molecule has 5 aromatic rings. The van der Waals surface area contributed by atoms with E-state index in [0.29, 0.717) is 29.6 Å². The molecular weight excluding hydrogens is 564 g/mol. The van der Waals surface area contributed by atoms with Crippen LogP contribution in [0.25, 0.3) is 10.8 Å². The van der Waals surface area contributed by atoms with Gasteiger partial charge in [0, 0.05) is 16.8 Å². The van der Waals surface area contributed by atoms with Crippen molar-refractivity contribution in [1.82, 2.24) is 0 Å².